The summed E-state index contributed by atoms with van der Waals surface area (Å²) >= 11 is 0. The van der Waals surface area contributed by atoms with E-state index in [1.54, 1.807) is 0 Å². The molecule has 0 radical (unpaired) electrons. The number of hydrogen-bond donors (Lipinski definition) is 4. The van der Waals surface area contributed by atoms with E-state index in [2.05, 4.69) is 5.10 Å². The van der Waals surface area contributed by atoms with Gasteiger partial charge in [-0.25, -0.2) is 4.79 Å². The third-order valence-electron chi connectivity index (χ3n) is 3.67. The average Bonchev–Trinajstić information content (AvgIpc) is 2.85. The molecule has 1 aliphatic heterocycles. The maximum atomic E-state index is 12.6. The van der Waals surface area contributed by atoms with Crippen LogP contribution in [-0.2, 0) is 14.9 Å². The Hall–Kier alpha value is -3.51. The van der Waals surface area contributed by atoms with Gasteiger partial charge in [-0.2, -0.15) is 18.5 Å². The normalized spacial score (nSPS) is 16.1. The summed E-state index contributed by atoms with van der Waals surface area (Å²) in [5.74, 6) is -1.42. The quantitative estimate of drug-likeness (QED) is 0.414. The second-order valence-corrected chi connectivity index (χ2v) is 6.92. The van der Waals surface area contributed by atoms with Gasteiger partial charge in [-0.05, 0) is 31.2 Å². The number of aromatic amines is 2. The van der Waals surface area contributed by atoms with Crippen molar-refractivity contribution in [1.82, 2.24) is 9.97 Å². The number of anilines is 1. The lowest BCUT2D eigenvalue weighted by Gasteiger charge is -2.12. The fourth-order valence-corrected chi connectivity index (χ4v) is 2.92. The lowest BCUT2D eigenvalue weighted by Crippen LogP contribution is -2.25. The molecule has 0 aliphatic carbocycles. The van der Waals surface area contributed by atoms with Crippen LogP contribution in [0, 0.1) is 0 Å². The fourth-order valence-electron chi connectivity index (χ4n) is 2.40. The van der Waals surface area contributed by atoms with Gasteiger partial charge in [0.05, 0.1) is 21.9 Å². The molecule has 0 fully saturated rings. The van der Waals surface area contributed by atoms with E-state index in [-0.39, 0.29) is 22.5 Å². The third kappa shape index (κ3) is 3.43. The van der Waals surface area contributed by atoms with E-state index in [4.69, 9.17) is 4.55 Å². The van der Waals surface area contributed by atoms with Gasteiger partial charge in [0.25, 0.3) is 21.6 Å². The lowest BCUT2D eigenvalue weighted by molar-refractivity contribution is -0.114. The number of hydrogen-bond acceptors (Lipinski definition) is 7. The van der Waals surface area contributed by atoms with Crippen LogP contribution in [0.2, 0.25) is 0 Å². The SMILES string of the molecule is CC1=NN(c2cccc(S(=O)(=O)O)c2)C(=O)C1=Cc1c(O)[nH]c(=O)[nH]c1=O. The van der Waals surface area contributed by atoms with E-state index < -0.39 is 38.0 Å². The monoisotopic (exact) mass is 392 g/mol. The summed E-state index contributed by atoms with van der Waals surface area (Å²) in [6.45, 7) is 1.47. The number of carbonyl (C=O) groups is 1. The molecular weight excluding hydrogens is 380 g/mol. The van der Waals surface area contributed by atoms with Crippen molar-refractivity contribution in [3.05, 3.63) is 56.2 Å². The molecule has 2 heterocycles. The zero-order chi connectivity index (χ0) is 19.9. The molecule has 12 heteroatoms. The number of aromatic nitrogens is 2. The van der Waals surface area contributed by atoms with Crippen LogP contribution < -0.4 is 16.3 Å². The van der Waals surface area contributed by atoms with Crippen molar-refractivity contribution in [2.45, 2.75) is 11.8 Å². The number of carbonyl (C=O) groups excluding carboxylic acids is 1. The van der Waals surface area contributed by atoms with Crippen LogP contribution >= 0.6 is 0 Å². The van der Waals surface area contributed by atoms with Crippen LogP contribution in [0.1, 0.15) is 12.5 Å². The smallest absolute Gasteiger partial charge is 0.328 e. The van der Waals surface area contributed by atoms with Gasteiger partial charge in [-0.1, -0.05) is 6.07 Å². The Morgan fingerprint density at radius 1 is 1.19 bits per heavy atom. The van der Waals surface area contributed by atoms with Crippen molar-refractivity contribution in [1.29, 1.82) is 0 Å². The fraction of sp³-hybridized carbons (Fsp3) is 0.0667. The van der Waals surface area contributed by atoms with Crippen molar-refractivity contribution in [3.8, 4) is 5.88 Å². The Kier molecular flexibility index (Phi) is 4.29. The molecule has 0 saturated heterocycles. The number of rotatable bonds is 3. The minimum absolute atomic E-state index is 0.0555. The summed E-state index contributed by atoms with van der Waals surface area (Å²) in [6, 6.07) is 4.91. The molecule has 4 N–H and O–H groups in total. The number of amides is 1. The molecule has 2 aromatic rings. The Morgan fingerprint density at radius 3 is 2.52 bits per heavy atom. The van der Waals surface area contributed by atoms with E-state index in [0.717, 1.165) is 23.2 Å². The number of nitrogens with zero attached hydrogens (tertiary/aromatic N) is 2. The van der Waals surface area contributed by atoms with Crippen molar-refractivity contribution >= 4 is 33.5 Å². The molecule has 0 unspecified atom stereocenters. The number of hydrazone groups is 1. The van der Waals surface area contributed by atoms with Crippen molar-refractivity contribution < 1.29 is 22.9 Å². The first kappa shape index (κ1) is 18.3. The molecule has 140 valence electrons. The molecule has 11 nitrogen and oxygen atoms in total. The number of nitrogens with one attached hydrogen (secondary N) is 2. The van der Waals surface area contributed by atoms with Crippen molar-refractivity contribution in [2.75, 3.05) is 5.01 Å². The van der Waals surface area contributed by atoms with Crippen molar-refractivity contribution in [3.63, 3.8) is 0 Å². The number of benzene rings is 1. The molecule has 3 rings (SSSR count). The maximum Gasteiger partial charge on any atom is 0.328 e. The predicted molar refractivity (Wildman–Crippen MR) is 94.2 cm³/mol. The molecule has 27 heavy (non-hydrogen) atoms. The second-order valence-electron chi connectivity index (χ2n) is 5.50. The Morgan fingerprint density at radius 2 is 1.89 bits per heavy atom. The minimum Gasteiger partial charge on any atom is -0.494 e. The standard InChI is InChI=1S/C15H12N4O7S/c1-7-10(6-11-12(20)16-15(23)17-13(11)21)14(22)19(18-7)8-3-2-4-9(5-8)27(24,25)26/h2-6H,1H3,(H,24,25,26)(H3,16,17,20,21,23). The van der Waals surface area contributed by atoms with Crippen LogP contribution in [0.4, 0.5) is 5.69 Å². The highest BCUT2D eigenvalue weighted by atomic mass is 32.2. The van der Waals surface area contributed by atoms with Crippen LogP contribution in [0.3, 0.4) is 0 Å². The molecule has 1 aliphatic rings. The summed E-state index contributed by atoms with van der Waals surface area (Å²) in [5.41, 5.74) is -1.97. The lowest BCUT2D eigenvalue weighted by atomic mass is 10.1. The van der Waals surface area contributed by atoms with Gasteiger partial charge in [-0.15, -0.1) is 0 Å². The van der Waals surface area contributed by atoms with E-state index in [1.165, 1.54) is 19.1 Å². The van der Waals surface area contributed by atoms with Gasteiger partial charge in [0.2, 0.25) is 5.88 Å². The first-order valence-electron chi connectivity index (χ1n) is 7.33. The van der Waals surface area contributed by atoms with Crippen LogP contribution in [0.5, 0.6) is 5.88 Å². The van der Waals surface area contributed by atoms with Gasteiger partial charge in [0.1, 0.15) is 5.56 Å². The van der Waals surface area contributed by atoms with E-state index >= 15 is 0 Å². The topological polar surface area (TPSA) is 173 Å². The number of aromatic hydroxyl groups is 1. The molecule has 0 bridgehead atoms. The molecule has 0 saturated carbocycles. The largest absolute Gasteiger partial charge is 0.494 e. The molecular formula is C15H12N4O7S. The van der Waals surface area contributed by atoms with Crippen LogP contribution in [-0.4, -0.2) is 39.7 Å². The Labute approximate surface area is 151 Å². The van der Waals surface area contributed by atoms with E-state index in [9.17, 15) is 27.9 Å². The van der Waals surface area contributed by atoms with Crippen LogP contribution in [0.25, 0.3) is 6.08 Å². The highest BCUT2D eigenvalue weighted by Gasteiger charge is 2.30. The minimum atomic E-state index is -4.48. The van der Waals surface area contributed by atoms with Gasteiger partial charge >= 0.3 is 5.69 Å². The second kappa shape index (κ2) is 6.34. The summed E-state index contributed by atoms with van der Waals surface area (Å²) in [5, 5.41) is 14.6. The van der Waals surface area contributed by atoms with E-state index in [1.807, 2.05) is 9.97 Å². The molecule has 0 spiro atoms. The van der Waals surface area contributed by atoms with Crippen molar-refractivity contribution in [2.24, 2.45) is 5.10 Å². The van der Waals surface area contributed by atoms with E-state index in [0.29, 0.717) is 0 Å². The number of H-pyrrole nitrogens is 2. The van der Waals surface area contributed by atoms with Gasteiger partial charge in [0, 0.05) is 0 Å². The maximum absolute atomic E-state index is 12.6. The average molecular weight is 392 g/mol. The molecule has 0 atom stereocenters. The summed E-state index contributed by atoms with van der Waals surface area (Å²) in [4.78, 5) is 39.1. The predicted octanol–water partition coefficient (Wildman–Crippen LogP) is -0.178. The summed E-state index contributed by atoms with van der Waals surface area (Å²) in [6.07, 6.45) is 1.05. The van der Waals surface area contributed by atoms with Gasteiger partial charge in [0.15, 0.2) is 0 Å². The van der Waals surface area contributed by atoms with Gasteiger partial charge in [-0.3, -0.25) is 24.1 Å². The first-order chi connectivity index (χ1) is 12.6. The van der Waals surface area contributed by atoms with Crippen LogP contribution in [0.15, 0.2) is 49.4 Å². The zero-order valence-corrected chi connectivity index (χ0v) is 14.4. The molecule has 1 amide bonds. The molecule has 1 aromatic carbocycles. The van der Waals surface area contributed by atoms with Gasteiger partial charge < -0.3 is 5.11 Å². The molecule has 1 aromatic heterocycles. The highest BCUT2D eigenvalue weighted by molar-refractivity contribution is 7.85. The Bertz CT molecular complexity index is 1240. The first-order valence-corrected chi connectivity index (χ1v) is 8.77. The Balaban J connectivity index is 2.06. The summed E-state index contributed by atoms with van der Waals surface area (Å²) in [7, 11) is -4.48. The summed E-state index contributed by atoms with van der Waals surface area (Å²) < 4.78 is 31.7. The zero-order valence-electron chi connectivity index (χ0n) is 13.6. The highest BCUT2D eigenvalue weighted by Crippen LogP contribution is 2.27. The third-order valence-corrected chi connectivity index (χ3v) is 4.52.